The van der Waals surface area contributed by atoms with Crippen LogP contribution >= 0.6 is 0 Å². The van der Waals surface area contributed by atoms with E-state index in [4.69, 9.17) is 5.11 Å². The van der Waals surface area contributed by atoms with Crippen molar-refractivity contribution >= 4 is 11.9 Å². The summed E-state index contributed by atoms with van der Waals surface area (Å²) in [5.74, 6) is -0.913. The molecule has 1 saturated carbocycles. The number of carbonyl (C=O) groups is 1. The van der Waals surface area contributed by atoms with Crippen molar-refractivity contribution in [2.45, 2.75) is 38.5 Å². The molecule has 2 rings (SSSR count). The van der Waals surface area contributed by atoms with E-state index in [1.807, 2.05) is 0 Å². The highest BCUT2D eigenvalue weighted by molar-refractivity contribution is 5.67. The fourth-order valence-corrected chi connectivity index (χ4v) is 2.71. The number of aliphatic carboxylic acids is 1. The molecule has 5 nitrogen and oxygen atoms in total. The van der Waals surface area contributed by atoms with Gasteiger partial charge in [0.15, 0.2) is 5.82 Å². The molecular weight excluding hydrogens is 249 g/mol. The van der Waals surface area contributed by atoms with E-state index >= 15 is 0 Å². The van der Waals surface area contributed by atoms with E-state index in [1.54, 1.807) is 0 Å². The highest BCUT2D eigenvalue weighted by Gasteiger charge is 2.34. The Morgan fingerprint density at radius 3 is 2.53 bits per heavy atom. The Morgan fingerprint density at radius 1 is 1.32 bits per heavy atom. The van der Waals surface area contributed by atoms with Gasteiger partial charge in [0.25, 0.3) is 0 Å². The number of anilines is 1. The number of rotatable bonds is 5. The first-order valence-electron chi connectivity index (χ1n) is 6.53. The molecule has 2 N–H and O–H groups in total. The molecular formula is C13H18FN3O2. The highest BCUT2D eigenvalue weighted by atomic mass is 19.1. The monoisotopic (exact) mass is 267 g/mol. The molecule has 1 aliphatic rings. The van der Waals surface area contributed by atoms with Crippen molar-refractivity contribution in [2.75, 3.05) is 11.9 Å². The summed E-state index contributed by atoms with van der Waals surface area (Å²) in [7, 11) is 0. The minimum absolute atomic E-state index is 0.154. The lowest BCUT2D eigenvalue weighted by atomic mass is 9.72. The summed E-state index contributed by atoms with van der Waals surface area (Å²) in [6.07, 6.45) is 7.41. The fraction of sp³-hybridized carbons (Fsp3) is 0.615. The van der Waals surface area contributed by atoms with Gasteiger partial charge < -0.3 is 10.4 Å². The van der Waals surface area contributed by atoms with Gasteiger partial charge in [-0.2, -0.15) is 0 Å². The zero-order valence-electron chi connectivity index (χ0n) is 10.7. The molecule has 104 valence electrons. The summed E-state index contributed by atoms with van der Waals surface area (Å²) in [5, 5.41) is 12.1. The highest BCUT2D eigenvalue weighted by Crippen LogP contribution is 2.39. The summed E-state index contributed by atoms with van der Waals surface area (Å²) in [5.41, 5.74) is -0.234. The van der Waals surface area contributed by atoms with Crippen LogP contribution in [0, 0.1) is 11.2 Å². The molecule has 0 aliphatic heterocycles. The van der Waals surface area contributed by atoms with Crippen LogP contribution in [0.15, 0.2) is 12.4 Å². The molecule has 0 saturated heterocycles. The molecule has 0 unspecified atom stereocenters. The standard InChI is InChI=1S/C13H18FN3O2/c14-10-7-15-12(16-8-10)17-9-13(6-11(18)19)4-2-1-3-5-13/h7-8H,1-6,9H2,(H,18,19)(H,15,16,17). The summed E-state index contributed by atoms with van der Waals surface area (Å²) >= 11 is 0. The van der Waals surface area contributed by atoms with Crippen molar-refractivity contribution in [3.63, 3.8) is 0 Å². The number of halogens is 1. The van der Waals surface area contributed by atoms with E-state index in [-0.39, 0.29) is 11.8 Å². The van der Waals surface area contributed by atoms with E-state index in [2.05, 4.69) is 15.3 Å². The van der Waals surface area contributed by atoms with Crippen LogP contribution in [0.3, 0.4) is 0 Å². The van der Waals surface area contributed by atoms with Crippen molar-refractivity contribution in [3.8, 4) is 0 Å². The Morgan fingerprint density at radius 2 is 1.95 bits per heavy atom. The molecule has 1 aromatic heterocycles. The minimum atomic E-state index is -0.774. The maximum atomic E-state index is 12.7. The molecule has 1 fully saturated rings. The van der Waals surface area contributed by atoms with Gasteiger partial charge in [-0.3, -0.25) is 4.79 Å². The van der Waals surface area contributed by atoms with Gasteiger partial charge in [0, 0.05) is 6.54 Å². The molecule has 1 aliphatic carbocycles. The normalized spacial score (nSPS) is 17.9. The number of nitrogens with zero attached hydrogens (tertiary/aromatic N) is 2. The first kappa shape index (κ1) is 13.7. The van der Waals surface area contributed by atoms with E-state index in [0.717, 1.165) is 44.5 Å². The Labute approximate surface area is 111 Å². The first-order chi connectivity index (χ1) is 9.10. The second kappa shape index (κ2) is 5.95. The molecule has 19 heavy (non-hydrogen) atoms. The Hall–Kier alpha value is -1.72. The largest absolute Gasteiger partial charge is 0.481 e. The summed E-state index contributed by atoms with van der Waals surface area (Å²) in [4.78, 5) is 18.7. The first-order valence-corrected chi connectivity index (χ1v) is 6.53. The second-order valence-corrected chi connectivity index (χ2v) is 5.21. The molecule has 0 radical (unpaired) electrons. The average molecular weight is 267 g/mol. The van der Waals surface area contributed by atoms with Gasteiger partial charge in [-0.15, -0.1) is 0 Å². The third-order valence-corrected chi connectivity index (χ3v) is 3.68. The Kier molecular flexibility index (Phi) is 4.29. The molecule has 0 spiro atoms. The predicted molar refractivity (Wildman–Crippen MR) is 68.3 cm³/mol. The van der Waals surface area contributed by atoms with Gasteiger partial charge >= 0.3 is 5.97 Å². The summed E-state index contributed by atoms with van der Waals surface area (Å²) in [6, 6.07) is 0. The smallest absolute Gasteiger partial charge is 0.303 e. The van der Waals surface area contributed by atoms with Gasteiger partial charge in [0.2, 0.25) is 5.95 Å². The number of carboxylic acids is 1. The third kappa shape index (κ3) is 3.87. The van der Waals surface area contributed by atoms with Gasteiger partial charge in [-0.1, -0.05) is 19.3 Å². The predicted octanol–water partition coefficient (Wildman–Crippen LogP) is 2.45. The molecule has 0 atom stereocenters. The second-order valence-electron chi connectivity index (χ2n) is 5.21. The quantitative estimate of drug-likeness (QED) is 0.857. The summed E-state index contributed by atoms with van der Waals surface area (Å²) in [6.45, 7) is 0.519. The van der Waals surface area contributed by atoms with Crippen molar-refractivity contribution in [3.05, 3.63) is 18.2 Å². The lowest BCUT2D eigenvalue weighted by Gasteiger charge is -2.36. The number of hydrogen-bond acceptors (Lipinski definition) is 4. The topological polar surface area (TPSA) is 75.1 Å². The number of hydrogen-bond donors (Lipinski definition) is 2. The zero-order chi connectivity index (χ0) is 13.7. The lowest BCUT2D eigenvalue weighted by Crippen LogP contribution is -2.34. The Bertz CT molecular complexity index is 430. The average Bonchev–Trinajstić information content (AvgIpc) is 2.38. The zero-order valence-corrected chi connectivity index (χ0v) is 10.7. The van der Waals surface area contributed by atoms with Crippen LogP contribution < -0.4 is 5.32 Å². The van der Waals surface area contributed by atoms with Crippen LogP contribution in [-0.4, -0.2) is 27.6 Å². The van der Waals surface area contributed by atoms with Crippen molar-refractivity contribution in [1.29, 1.82) is 0 Å². The van der Waals surface area contributed by atoms with Gasteiger partial charge in [0.1, 0.15) is 0 Å². The SMILES string of the molecule is O=C(O)CC1(CNc2ncc(F)cn2)CCCCC1. The van der Waals surface area contributed by atoms with Crippen LogP contribution in [0.4, 0.5) is 10.3 Å². The molecule has 0 aromatic carbocycles. The maximum Gasteiger partial charge on any atom is 0.303 e. The fourth-order valence-electron chi connectivity index (χ4n) is 2.71. The van der Waals surface area contributed by atoms with Crippen LogP contribution in [-0.2, 0) is 4.79 Å². The number of nitrogens with one attached hydrogen (secondary N) is 1. The van der Waals surface area contributed by atoms with Crippen LogP contribution in [0.1, 0.15) is 38.5 Å². The Balaban J connectivity index is 1.99. The van der Waals surface area contributed by atoms with Gasteiger partial charge in [0.05, 0.1) is 18.8 Å². The number of carboxylic acid groups (broad SMARTS) is 1. The van der Waals surface area contributed by atoms with E-state index in [0.29, 0.717) is 12.5 Å². The number of aromatic nitrogens is 2. The maximum absolute atomic E-state index is 12.7. The minimum Gasteiger partial charge on any atom is -0.481 e. The van der Waals surface area contributed by atoms with Crippen LogP contribution in [0.5, 0.6) is 0 Å². The van der Waals surface area contributed by atoms with Crippen molar-refractivity contribution < 1.29 is 14.3 Å². The van der Waals surface area contributed by atoms with E-state index < -0.39 is 11.8 Å². The van der Waals surface area contributed by atoms with E-state index in [1.165, 1.54) is 0 Å². The van der Waals surface area contributed by atoms with Gasteiger partial charge in [-0.25, -0.2) is 14.4 Å². The van der Waals surface area contributed by atoms with Crippen molar-refractivity contribution in [1.82, 2.24) is 9.97 Å². The molecule has 6 heteroatoms. The van der Waals surface area contributed by atoms with Crippen LogP contribution in [0.25, 0.3) is 0 Å². The molecule has 0 bridgehead atoms. The lowest BCUT2D eigenvalue weighted by molar-refractivity contribution is -0.140. The molecule has 1 heterocycles. The summed E-state index contributed by atoms with van der Waals surface area (Å²) < 4.78 is 12.7. The van der Waals surface area contributed by atoms with Gasteiger partial charge in [-0.05, 0) is 18.3 Å². The van der Waals surface area contributed by atoms with Crippen LogP contribution in [0.2, 0.25) is 0 Å². The molecule has 0 amide bonds. The van der Waals surface area contributed by atoms with E-state index in [9.17, 15) is 9.18 Å². The van der Waals surface area contributed by atoms with Crippen molar-refractivity contribution in [2.24, 2.45) is 5.41 Å². The molecule has 1 aromatic rings. The third-order valence-electron chi connectivity index (χ3n) is 3.68.